The Morgan fingerprint density at radius 1 is 1.20 bits per heavy atom. The molecule has 2 aromatic carbocycles. The fraction of sp³-hybridized carbons (Fsp3) is 0.211. The lowest BCUT2D eigenvalue weighted by Gasteiger charge is -2.13. The van der Waals surface area contributed by atoms with E-state index in [4.69, 9.17) is 5.10 Å². The first-order valence-corrected chi connectivity index (χ1v) is 8.81. The molecule has 1 aliphatic rings. The van der Waals surface area contributed by atoms with Crippen molar-refractivity contribution in [2.45, 2.75) is 19.6 Å². The minimum Gasteiger partial charge on any atom is -0.508 e. The van der Waals surface area contributed by atoms with E-state index in [1.165, 1.54) is 6.07 Å². The highest BCUT2D eigenvalue weighted by Crippen LogP contribution is 2.34. The molecule has 0 bridgehead atoms. The topological polar surface area (TPSA) is 41.3 Å². The average molecular weight is 402 g/mol. The van der Waals surface area contributed by atoms with Crippen molar-refractivity contribution in [3.63, 3.8) is 0 Å². The van der Waals surface area contributed by atoms with Gasteiger partial charge in [0.05, 0.1) is 17.9 Å². The van der Waals surface area contributed by atoms with Crippen LogP contribution in [0.1, 0.15) is 16.8 Å². The maximum atomic E-state index is 14.5. The zero-order valence-corrected chi connectivity index (χ0v) is 15.3. The number of rotatable bonds is 3. The Balaban J connectivity index is 1.83. The van der Waals surface area contributed by atoms with Gasteiger partial charge in [-0.15, -0.1) is 0 Å². The van der Waals surface area contributed by atoms with Gasteiger partial charge in [0.2, 0.25) is 0 Å². The molecule has 6 heteroatoms. The molecule has 128 valence electrons. The Kier molecular flexibility index (Phi) is 4.09. The van der Waals surface area contributed by atoms with Gasteiger partial charge < -0.3 is 5.11 Å². The van der Waals surface area contributed by atoms with E-state index in [1.54, 1.807) is 24.3 Å². The summed E-state index contributed by atoms with van der Waals surface area (Å²) >= 11 is 3.40. The van der Waals surface area contributed by atoms with Crippen molar-refractivity contribution >= 4 is 15.9 Å². The van der Waals surface area contributed by atoms with Gasteiger partial charge in [0.15, 0.2) is 0 Å². The largest absolute Gasteiger partial charge is 0.508 e. The van der Waals surface area contributed by atoms with Crippen molar-refractivity contribution in [1.29, 1.82) is 0 Å². The van der Waals surface area contributed by atoms with Crippen LogP contribution in [0.25, 0.3) is 11.3 Å². The number of hydrogen-bond donors (Lipinski definition) is 1. The van der Waals surface area contributed by atoms with E-state index in [2.05, 4.69) is 20.8 Å². The molecular formula is C19H17BrFN3O. The highest BCUT2D eigenvalue weighted by atomic mass is 79.9. The number of hydrogen-bond acceptors (Lipinski definition) is 3. The van der Waals surface area contributed by atoms with Gasteiger partial charge in [-0.1, -0.05) is 28.1 Å². The summed E-state index contributed by atoms with van der Waals surface area (Å²) in [5.41, 5.74) is 4.34. The van der Waals surface area contributed by atoms with Gasteiger partial charge in [-0.2, -0.15) is 5.10 Å². The molecule has 0 amide bonds. The number of fused-ring (bicyclic) bond motifs is 1. The van der Waals surface area contributed by atoms with Crippen molar-refractivity contribution in [1.82, 2.24) is 14.7 Å². The van der Waals surface area contributed by atoms with Crippen LogP contribution >= 0.6 is 15.9 Å². The number of aromatic nitrogens is 2. The number of aromatic hydroxyl groups is 1. The third-order valence-corrected chi connectivity index (χ3v) is 4.84. The van der Waals surface area contributed by atoms with Gasteiger partial charge in [0.1, 0.15) is 11.6 Å². The van der Waals surface area contributed by atoms with Crippen LogP contribution in [0.15, 0.2) is 46.9 Å². The molecule has 0 fully saturated rings. The minimum absolute atomic E-state index is 0.191. The van der Waals surface area contributed by atoms with Crippen LogP contribution in [0.2, 0.25) is 0 Å². The average Bonchev–Trinajstić information content (AvgIpc) is 3.02. The minimum atomic E-state index is -0.252. The molecule has 25 heavy (non-hydrogen) atoms. The van der Waals surface area contributed by atoms with Crippen LogP contribution in [-0.2, 0) is 19.6 Å². The summed E-state index contributed by atoms with van der Waals surface area (Å²) < 4.78 is 17.1. The third-order valence-electron chi connectivity index (χ3n) is 4.39. The molecule has 3 aromatic rings. The summed E-state index contributed by atoms with van der Waals surface area (Å²) in [5.74, 6) is -0.0608. The summed E-state index contributed by atoms with van der Waals surface area (Å²) in [6.45, 7) is 1.98. The predicted octanol–water partition coefficient (Wildman–Crippen LogP) is 4.15. The summed E-state index contributed by atoms with van der Waals surface area (Å²) in [6, 6.07) is 12.1. The fourth-order valence-electron chi connectivity index (χ4n) is 3.39. The normalized spacial score (nSPS) is 14.0. The SMILES string of the molecule is CN1Cc2nn(Cc3cc(O)cc(Br)c3)c(-c3ccccc3F)c2C1. The molecule has 0 saturated heterocycles. The van der Waals surface area contributed by atoms with E-state index in [9.17, 15) is 9.50 Å². The Hall–Kier alpha value is -2.18. The Labute approximate surface area is 153 Å². The highest BCUT2D eigenvalue weighted by Gasteiger charge is 2.27. The number of phenols is 1. The van der Waals surface area contributed by atoms with Crippen molar-refractivity contribution in [2.75, 3.05) is 7.05 Å². The highest BCUT2D eigenvalue weighted by molar-refractivity contribution is 9.10. The second kappa shape index (κ2) is 6.28. The Morgan fingerprint density at radius 3 is 2.76 bits per heavy atom. The summed E-state index contributed by atoms with van der Waals surface area (Å²) in [7, 11) is 2.03. The molecule has 0 atom stereocenters. The van der Waals surface area contributed by atoms with Crippen LogP contribution in [-0.4, -0.2) is 26.8 Å². The second-order valence-electron chi connectivity index (χ2n) is 6.40. The molecule has 2 heterocycles. The molecule has 1 aromatic heterocycles. The Morgan fingerprint density at radius 2 is 2.00 bits per heavy atom. The lowest BCUT2D eigenvalue weighted by molar-refractivity contribution is 0.346. The quantitative estimate of drug-likeness (QED) is 0.716. The second-order valence-corrected chi connectivity index (χ2v) is 7.32. The van der Waals surface area contributed by atoms with E-state index >= 15 is 0 Å². The number of phenolic OH excluding ortho intramolecular Hbond substituents is 1. The third kappa shape index (κ3) is 3.07. The van der Waals surface area contributed by atoms with Gasteiger partial charge in [-0.3, -0.25) is 9.58 Å². The molecule has 1 N–H and O–H groups in total. The molecule has 0 saturated carbocycles. The molecule has 4 rings (SSSR count). The van der Waals surface area contributed by atoms with Gasteiger partial charge in [0, 0.05) is 28.7 Å². The van der Waals surface area contributed by atoms with E-state index < -0.39 is 0 Å². The first-order chi connectivity index (χ1) is 12.0. The lowest BCUT2D eigenvalue weighted by Crippen LogP contribution is -2.13. The monoisotopic (exact) mass is 401 g/mol. The first-order valence-electron chi connectivity index (χ1n) is 8.01. The zero-order valence-electron chi connectivity index (χ0n) is 13.7. The Bertz CT molecular complexity index is 934. The van der Waals surface area contributed by atoms with E-state index in [0.29, 0.717) is 12.1 Å². The zero-order chi connectivity index (χ0) is 17.6. The molecule has 0 unspecified atom stereocenters. The van der Waals surface area contributed by atoms with Gasteiger partial charge in [-0.05, 0) is 42.9 Å². The van der Waals surface area contributed by atoms with E-state index in [-0.39, 0.29) is 11.6 Å². The van der Waals surface area contributed by atoms with Crippen LogP contribution < -0.4 is 0 Å². The molecule has 0 radical (unpaired) electrons. The maximum absolute atomic E-state index is 14.5. The van der Waals surface area contributed by atoms with E-state index in [1.807, 2.05) is 23.9 Å². The van der Waals surface area contributed by atoms with Crippen LogP contribution in [0.4, 0.5) is 4.39 Å². The smallest absolute Gasteiger partial charge is 0.132 e. The van der Waals surface area contributed by atoms with Gasteiger partial charge in [0.25, 0.3) is 0 Å². The van der Waals surface area contributed by atoms with Crippen LogP contribution in [0.3, 0.4) is 0 Å². The standard InChI is InChI=1S/C19H17BrFN3O/c1-23-10-16-18(11-23)22-24(9-12-6-13(20)8-14(25)7-12)19(16)15-4-2-3-5-17(15)21/h2-8,25H,9-11H2,1H3. The number of halogens is 2. The molecule has 4 nitrogen and oxygen atoms in total. The molecule has 1 aliphatic heterocycles. The predicted molar refractivity (Wildman–Crippen MR) is 97.7 cm³/mol. The summed E-state index contributed by atoms with van der Waals surface area (Å²) in [6.07, 6.45) is 0. The summed E-state index contributed by atoms with van der Waals surface area (Å²) in [4.78, 5) is 2.16. The van der Waals surface area contributed by atoms with Crippen LogP contribution in [0.5, 0.6) is 5.75 Å². The van der Waals surface area contributed by atoms with Crippen LogP contribution in [0, 0.1) is 5.82 Å². The summed E-state index contributed by atoms with van der Waals surface area (Å²) in [5, 5.41) is 14.6. The maximum Gasteiger partial charge on any atom is 0.132 e. The van der Waals surface area contributed by atoms with Gasteiger partial charge in [-0.25, -0.2) is 4.39 Å². The van der Waals surface area contributed by atoms with Crippen molar-refractivity contribution < 1.29 is 9.50 Å². The van der Waals surface area contributed by atoms with Crippen molar-refractivity contribution in [2.24, 2.45) is 0 Å². The fourth-order valence-corrected chi connectivity index (χ4v) is 3.92. The molecule has 0 spiro atoms. The van der Waals surface area contributed by atoms with Crippen molar-refractivity contribution in [3.05, 3.63) is 69.6 Å². The first kappa shape index (κ1) is 16.3. The number of benzene rings is 2. The lowest BCUT2D eigenvalue weighted by atomic mass is 10.1. The number of nitrogens with zero attached hydrogens (tertiary/aromatic N) is 3. The molecular weight excluding hydrogens is 385 g/mol. The van der Waals surface area contributed by atoms with Crippen molar-refractivity contribution in [3.8, 4) is 17.0 Å². The van der Waals surface area contributed by atoms with Gasteiger partial charge >= 0.3 is 0 Å². The van der Waals surface area contributed by atoms with E-state index in [0.717, 1.165) is 40.1 Å². The molecule has 0 aliphatic carbocycles.